The van der Waals surface area contributed by atoms with Crippen molar-refractivity contribution in [3.63, 3.8) is 0 Å². The minimum Gasteiger partial charge on any atom is -0.370 e. The van der Waals surface area contributed by atoms with Gasteiger partial charge in [0.05, 0.1) is 6.61 Å². The summed E-state index contributed by atoms with van der Waals surface area (Å²) < 4.78 is 4.99. The van der Waals surface area contributed by atoms with Gasteiger partial charge in [-0.05, 0) is 18.8 Å². The topological polar surface area (TPSA) is 64.3 Å². The highest BCUT2D eigenvalue weighted by Crippen LogP contribution is 2.01. The molecular weight excluding hydrogens is 180 g/mol. The third-order valence-electron chi connectivity index (χ3n) is 1.78. The van der Waals surface area contributed by atoms with Crippen molar-refractivity contribution in [2.75, 3.05) is 26.3 Å². The van der Waals surface area contributed by atoms with E-state index in [1.165, 1.54) is 0 Å². The Labute approximate surface area is 86.2 Å². The van der Waals surface area contributed by atoms with Crippen LogP contribution in [0.2, 0.25) is 0 Å². The summed E-state index contributed by atoms with van der Waals surface area (Å²) in [4.78, 5) is 11.1. The third kappa shape index (κ3) is 9.48. The van der Waals surface area contributed by atoms with Gasteiger partial charge in [-0.15, -0.1) is 0 Å². The smallest absolute Gasteiger partial charge is 0.245 e. The van der Waals surface area contributed by atoms with Crippen molar-refractivity contribution in [3.05, 3.63) is 0 Å². The van der Waals surface area contributed by atoms with E-state index >= 15 is 0 Å². The lowest BCUT2D eigenvalue weighted by Gasteiger charge is -2.06. The van der Waals surface area contributed by atoms with Gasteiger partial charge in [0.15, 0.2) is 0 Å². The largest absolute Gasteiger partial charge is 0.370 e. The molecule has 1 amide bonds. The maximum atomic E-state index is 11.1. The van der Waals surface area contributed by atoms with Crippen LogP contribution < -0.4 is 11.1 Å². The van der Waals surface area contributed by atoms with Gasteiger partial charge in [-0.3, -0.25) is 4.79 Å². The van der Waals surface area contributed by atoms with Gasteiger partial charge in [0, 0.05) is 13.1 Å². The monoisotopic (exact) mass is 202 g/mol. The molecule has 0 aliphatic carbocycles. The molecule has 0 aliphatic heterocycles. The first kappa shape index (κ1) is 13.4. The van der Waals surface area contributed by atoms with Crippen molar-refractivity contribution in [1.29, 1.82) is 0 Å². The first-order chi connectivity index (χ1) is 6.66. The van der Waals surface area contributed by atoms with Crippen LogP contribution in [0, 0.1) is 5.92 Å². The predicted octanol–water partition coefficient (Wildman–Crippen LogP) is 0.514. The molecule has 3 N–H and O–H groups in total. The lowest BCUT2D eigenvalue weighted by atomic mass is 10.1. The van der Waals surface area contributed by atoms with Gasteiger partial charge < -0.3 is 15.8 Å². The van der Waals surface area contributed by atoms with Crippen LogP contribution in [0.1, 0.15) is 26.7 Å². The van der Waals surface area contributed by atoms with Crippen LogP contribution >= 0.6 is 0 Å². The highest BCUT2D eigenvalue weighted by molar-refractivity contribution is 5.77. The van der Waals surface area contributed by atoms with Crippen LogP contribution in [0.25, 0.3) is 0 Å². The van der Waals surface area contributed by atoms with Gasteiger partial charge in [0.2, 0.25) is 5.91 Å². The van der Waals surface area contributed by atoms with Crippen LogP contribution in [0.4, 0.5) is 0 Å². The van der Waals surface area contributed by atoms with E-state index in [4.69, 9.17) is 10.5 Å². The van der Waals surface area contributed by atoms with Gasteiger partial charge in [-0.1, -0.05) is 13.8 Å². The molecule has 0 atom stereocenters. The van der Waals surface area contributed by atoms with Crippen molar-refractivity contribution in [2.24, 2.45) is 11.7 Å². The molecule has 0 saturated heterocycles. The van der Waals surface area contributed by atoms with Crippen molar-refractivity contribution in [1.82, 2.24) is 5.32 Å². The molecule has 0 aromatic heterocycles. The molecular formula is C10H22N2O2. The summed E-state index contributed by atoms with van der Waals surface area (Å²) in [5, 5.41) is 2.79. The molecule has 0 aromatic carbocycles. The van der Waals surface area contributed by atoms with Gasteiger partial charge in [0.25, 0.3) is 0 Å². The number of rotatable bonds is 8. The molecule has 0 heterocycles. The number of amides is 1. The van der Waals surface area contributed by atoms with Crippen LogP contribution in [0.15, 0.2) is 0 Å². The predicted molar refractivity (Wildman–Crippen MR) is 57.0 cm³/mol. The van der Waals surface area contributed by atoms with E-state index in [-0.39, 0.29) is 12.5 Å². The average Bonchev–Trinajstić information content (AvgIpc) is 2.13. The molecule has 0 bridgehead atoms. The summed E-state index contributed by atoms with van der Waals surface area (Å²) >= 11 is 0. The quantitative estimate of drug-likeness (QED) is 0.564. The number of hydrogen-bond donors (Lipinski definition) is 2. The van der Waals surface area contributed by atoms with Gasteiger partial charge in [0.1, 0.15) is 6.61 Å². The van der Waals surface area contributed by atoms with Crippen molar-refractivity contribution in [2.45, 2.75) is 26.7 Å². The maximum absolute atomic E-state index is 11.1. The SMILES string of the molecule is CC(C)CCCNC(=O)COCCN. The Morgan fingerprint density at radius 3 is 2.79 bits per heavy atom. The molecule has 0 radical (unpaired) electrons. The second kappa shape index (κ2) is 8.97. The fourth-order valence-electron chi connectivity index (χ4n) is 1.04. The van der Waals surface area contributed by atoms with Crippen molar-refractivity contribution < 1.29 is 9.53 Å². The Morgan fingerprint density at radius 2 is 2.21 bits per heavy atom. The Bertz CT molecular complexity index is 149. The van der Waals surface area contributed by atoms with E-state index in [0.717, 1.165) is 19.4 Å². The van der Waals surface area contributed by atoms with E-state index in [0.29, 0.717) is 19.1 Å². The number of carbonyl (C=O) groups excluding carboxylic acids is 1. The van der Waals surface area contributed by atoms with E-state index in [9.17, 15) is 4.79 Å². The van der Waals surface area contributed by atoms with E-state index in [2.05, 4.69) is 19.2 Å². The summed E-state index contributed by atoms with van der Waals surface area (Å²) in [6.07, 6.45) is 2.17. The van der Waals surface area contributed by atoms with Gasteiger partial charge >= 0.3 is 0 Å². The zero-order valence-corrected chi connectivity index (χ0v) is 9.21. The minimum atomic E-state index is -0.0535. The summed E-state index contributed by atoms with van der Waals surface area (Å²) in [7, 11) is 0. The zero-order valence-electron chi connectivity index (χ0n) is 9.21. The molecule has 0 unspecified atom stereocenters. The molecule has 4 nitrogen and oxygen atoms in total. The number of carbonyl (C=O) groups is 1. The van der Waals surface area contributed by atoms with Crippen LogP contribution in [0.3, 0.4) is 0 Å². The normalized spacial score (nSPS) is 10.6. The summed E-state index contributed by atoms with van der Waals surface area (Å²) in [6, 6.07) is 0. The second-order valence-electron chi connectivity index (χ2n) is 3.73. The van der Waals surface area contributed by atoms with Crippen LogP contribution in [-0.2, 0) is 9.53 Å². The fourth-order valence-corrected chi connectivity index (χ4v) is 1.04. The minimum absolute atomic E-state index is 0.0535. The summed E-state index contributed by atoms with van der Waals surface area (Å²) in [6.45, 7) is 6.11. The number of hydrogen-bond acceptors (Lipinski definition) is 3. The van der Waals surface area contributed by atoms with Crippen LogP contribution in [-0.4, -0.2) is 32.2 Å². The Kier molecular flexibility index (Phi) is 8.57. The van der Waals surface area contributed by atoms with E-state index in [1.807, 2.05) is 0 Å². The van der Waals surface area contributed by atoms with Crippen molar-refractivity contribution in [3.8, 4) is 0 Å². The number of nitrogens with two attached hydrogens (primary N) is 1. The zero-order chi connectivity index (χ0) is 10.8. The van der Waals surface area contributed by atoms with E-state index in [1.54, 1.807) is 0 Å². The third-order valence-corrected chi connectivity index (χ3v) is 1.78. The number of ether oxygens (including phenoxy) is 1. The Morgan fingerprint density at radius 1 is 1.50 bits per heavy atom. The molecule has 0 saturated carbocycles. The first-order valence-electron chi connectivity index (χ1n) is 5.21. The average molecular weight is 202 g/mol. The molecule has 0 aromatic rings. The molecule has 84 valence electrons. The standard InChI is InChI=1S/C10H22N2O2/c1-9(2)4-3-6-12-10(13)8-14-7-5-11/h9H,3-8,11H2,1-2H3,(H,12,13). The lowest BCUT2D eigenvalue weighted by molar-refractivity contribution is -0.125. The molecule has 0 fully saturated rings. The Balaban J connectivity index is 3.18. The second-order valence-corrected chi connectivity index (χ2v) is 3.73. The molecule has 14 heavy (non-hydrogen) atoms. The highest BCUT2D eigenvalue weighted by Gasteiger charge is 2.00. The lowest BCUT2D eigenvalue weighted by Crippen LogP contribution is -2.29. The Hall–Kier alpha value is -0.610. The number of nitrogens with one attached hydrogen (secondary N) is 1. The van der Waals surface area contributed by atoms with Crippen molar-refractivity contribution >= 4 is 5.91 Å². The van der Waals surface area contributed by atoms with E-state index < -0.39 is 0 Å². The molecule has 4 heteroatoms. The van der Waals surface area contributed by atoms with Gasteiger partial charge in [-0.2, -0.15) is 0 Å². The van der Waals surface area contributed by atoms with Crippen LogP contribution in [0.5, 0.6) is 0 Å². The summed E-state index contributed by atoms with van der Waals surface area (Å²) in [5.74, 6) is 0.641. The molecule has 0 rings (SSSR count). The highest BCUT2D eigenvalue weighted by atomic mass is 16.5. The first-order valence-corrected chi connectivity index (χ1v) is 5.21. The van der Waals surface area contributed by atoms with Gasteiger partial charge in [-0.25, -0.2) is 0 Å². The molecule has 0 aliphatic rings. The maximum Gasteiger partial charge on any atom is 0.245 e. The summed E-state index contributed by atoms with van der Waals surface area (Å²) in [5.41, 5.74) is 5.21. The fraction of sp³-hybridized carbons (Fsp3) is 0.900. The molecule has 0 spiro atoms.